The number of ether oxygens (including phenoxy) is 2. The summed E-state index contributed by atoms with van der Waals surface area (Å²) in [5, 5.41) is 6.97. The van der Waals surface area contributed by atoms with Crippen LogP contribution in [0.4, 0.5) is 0 Å². The molecule has 1 aliphatic heterocycles. The maximum atomic E-state index is 5.92. The Bertz CT molecular complexity index is 596. The van der Waals surface area contributed by atoms with E-state index in [0.29, 0.717) is 6.54 Å². The largest absolute Gasteiger partial charge is 0.493 e. The fourth-order valence-electron chi connectivity index (χ4n) is 3.22. The van der Waals surface area contributed by atoms with Crippen molar-refractivity contribution in [2.75, 3.05) is 39.2 Å². The van der Waals surface area contributed by atoms with Crippen LogP contribution in [0.2, 0.25) is 0 Å². The van der Waals surface area contributed by atoms with Crippen molar-refractivity contribution < 1.29 is 9.47 Å². The first kappa shape index (κ1) is 21.9. The third-order valence-corrected chi connectivity index (χ3v) is 6.24. The van der Waals surface area contributed by atoms with E-state index in [4.69, 9.17) is 9.47 Å². The maximum Gasteiger partial charge on any atom is 0.191 e. The first-order valence-corrected chi connectivity index (χ1v) is 11.0. The predicted octanol–water partition coefficient (Wildman–Crippen LogP) is 3.75. The molecule has 0 unspecified atom stereocenters. The lowest BCUT2D eigenvalue weighted by Gasteiger charge is -2.37. The van der Waals surface area contributed by atoms with Gasteiger partial charge in [-0.25, -0.2) is 0 Å². The van der Waals surface area contributed by atoms with Gasteiger partial charge < -0.3 is 20.1 Å². The Labute approximate surface area is 168 Å². The molecule has 6 heteroatoms. The molecule has 0 aliphatic carbocycles. The summed E-state index contributed by atoms with van der Waals surface area (Å²) in [4.78, 5) is 4.40. The third-order valence-electron chi connectivity index (χ3n) is 4.79. The summed E-state index contributed by atoms with van der Waals surface area (Å²) in [6.45, 7) is 10.5. The molecule has 27 heavy (non-hydrogen) atoms. The average molecular weight is 394 g/mol. The fraction of sp³-hybridized carbons (Fsp3) is 0.667. The van der Waals surface area contributed by atoms with Crippen LogP contribution < -0.4 is 15.4 Å². The van der Waals surface area contributed by atoms with E-state index in [1.807, 2.05) is 18.8 Å². The fourth-order valence-corrected chi connectivity index (χ4v) is 4.46. The highest BCUT2D eigenvalue weighted by Gasteiger charge is 2.32. The molecule has 1 aromatic rings. The van der Waals surface area contributed by atoms with E-state index in [0.717, 1.165) is 68.7 Å². The summed E-state index contributed by atoms with van der Waals surface area (Å²) in [7, 11) is 1.82. The Morgan fingerprint density at radius 3 is 2.70 bits per heavy atom. The van der Waals surface area contributed by atoms with Gasteiger partial charge in [0.1, 0.15) is 5.75 Å². The highest BCUT2D eigenvalue weighted by Crippen LogP contribution is 2.34. The molecule has 0 radical (unpaired) electrons. The second-order valence-corrected chi connectivity index (χ2v) is 8.70. The van der Waals surface area contributed by atoms with Gasteiger partial charge in [-0.2, -0.15) is 11.8 Å². The highest BCUT2D eigenvalue weighted by molar-refractivity contribution is 8.00. The number of hydrogen-bond acceptors (Lipinski definition) is 4. The number of guanidine groups is 1. The van der Waals surface area contributed by atoms with E-state index in [-0.39, 0.29) is 4.75 Å². The van der Waals surface area contributed by atoms with Crippen molar-refractivity contribution >= 4 is 17.7 Å². The van der Waals surface area contributed by atoms with Gasteiger partial charge >= 0.3 is 0 Å². The zero-order valence-electron chi connectivity index (χ0n) is 17.3. The lowest BCUT2D eigenvalue weighted by atomic mass is 9.99. The van der Waals surface area contributed by atoms with Crippen molar-refractivity contribution in [3.63, 3.8) is 0 Å². The molecule has 1 fully saturated rings. The third kappa shape index (κ3) is 6.92. The molecular weight excluding hydrogens is 358 g/mol. The van der Waals surface area contributed by atoms with E-state index in [2.05, 4.69) is 54.6 Å². The average Bonchev–Trinajstić information content (AvgIpc) is 2.68. The highest BCUT2D eigenvalue weighted by atomic mass is 32.2. The van der Waals surface area contributed by atoms with Crippen molar-refractivity contribution in [1.29, 1.82) is 0 Å². The standard InChI is InChI=1S/C21H35N3O2S/c1-5-11-26-19-14-17(3)7-8-18(19)15-23-20(22-4)24-16-21(27-6-2)9-12-25-13-10-21/h7-8,14H,5-6,9-13,15-16H2,1-4H3,(H2,22,23,24). The zero-order valence-corrected chi connectivity index (χ0v) is 18.1. The van der Waals surface area contributed by atoms with Gasteiger partial charge in [-0.05, 0) is 43.6 Å². The molecular formula is C21H35N3O2S. The molecule has 1 aliphatic rings. The second-order valence-electron chi connectivity index (χ2n) is 6.97. The summed E-state index contributed by atoms with van der Waals surface area (Å²) in [6.07, 6.45) is 3.18. The summed E-state index contributed by atoms with van der Waals surface area (Å²) < 4.78 is 11.7. The molecule has 152 valence electrons. The summed E-state index contributed by atoms with van der Waals surface area (Å²) >= 11 is 2.03. The van der Waals surface area contributed by atoms with Crippen molar-refractivity contribution in [3.8, 4) is 5.75 Å². The summed E-state index contributed by atoms with van der Waals surface area (Å²) in [6, 6.07) is 6.37. The van der Waals surface area contributed by atoms with Gasteiger partial charge in [0.2, 0.25) is 0 Å². The van der Waals surface area contributed by atoms with Crippen molar-refractivity contribution in [2.45, 2.75) is 51.3 Å². The smallest absolute Gasteiger partial charge is 0.191 e. The molecule has 2 N–H and O–H groups in total. The van der Waals surface area contributed by atoms with Crippen LogP contribution in [0.25, 0.3) is 0 Å². The topological polar surface area (TPSA) is 54.9 Å². The molecule has 0 spiro atoms. The van der Waals surface area contributed by atoms with Gasteiger partial charge in [-0.1, -0.05) is 26.0 Å². The first-order valence-electron chi connectivity index (χ1n) is 10.0. The van der Waals surface area contributed by atoms with Crippen molar-refractivity contribution in [1.82, 2.24) is 10.6 Å². The Morgan fingerprint density at radius 1 is 1.26 bits per heavy atom. The van der Waals surface area contributed by atoms with Crippen LogP contribution in [-0.4, -0.2) is 49.9 Å². The molecule has 0 atom stereocenters. The van der Waals surface area contributed by atoms with Gasteiger partial charge in [-0.15, -0.1) is 0 Å². The lowest BCUT2D eigenvalue weighted by molar-refractivity contribution is 0.0782. The SMILES string of the molecule is CCCOc1cc(C)ccc1CNC(=NC)NCC1(SCC)CCOCC1. The molecule has 0 bridgehead atoms. The Kier molecular flexibility index (Phi) is 9.28. The van der Waals surface area contributed by atoms with Gasteiger partial charge in [0, 0.05) is 43.7 Å². The van der Waals surface area contributed by atoms with Crippen LogP contribution in [0.15, 0.2) is 23.2 Å². The molecule has 2 rings (SSSR count). The van der Waals surface area contributed by atoms with E-state index in [1.165, 1.54) is 5.56 Å². The second kappa shape index (κ2) is 11.4. The normalized spacial score (nSPS) is 16.8. The number of nitrogens with zero attached hydrogens (tertiary/aromatic N) is 1. The molecule has 5 nitrogen and oxygen atoms in total. The number of rotatable bonds is 9. The van der Waals surface area contributed by atoms with Gasteiger partial charge in [0.15, 0.2) is 5.96 Å². The Hall–Kier alpha value is -1.40. The molecule has 0 aromatic heterocycles. The Morgan fingerprint density at radius 2 is 2.04 bits per heavy atom. The zero-order chi connectivity index (χ0) is 19.5. The maximum absolute atomic E-state index is 5.92. The minimum atomic E-state index is 0.240. The number of hydrogen-bond donors (Lipinski definition) is 2. The van der Waals surface area contributed by atoms with Crippen LogP contribution in [0.1, 0.15) is 44.2 Å². The van der Waals surface area contributed by atoms with Gasteiger partial charge in [-0.3, -0.25) is 4.99 Å². The number of nitrogens with one attached hydrogen (secondary N) is 2. The van der Waals surface area contributed by atoms with Crippen LogP contribution >= 0.6 is 11.8 Å². The van der Waals surface area contributed by atoms with Crippen LogP contribution in [0, 0.1) is 6.92 Å². The van der Waals surface area contributed by atoms with Gasteiger partial charge in [0.25, 0.3) is 0 Å². The van der Waals surface area contributed by atoms with E-state index >= 15 is 0 Å². The van der Waals surface area contributed by atoms with Crippen LogP contribution in [0.5, 0.6) is 5.75 Å². The van der Waals surface area contributed by atoms with E-state index in [9.17, 15) is 0 Å². The van der Waals surface area contributed by atoms with Gasteiger partial charge in [0.05, 0.1) is 6.61 Å². The lowest BCUT2D eigenvalue weighted by Crippen LogP contribution is -2.48. The van der Waals surface area contributed by atoms with E-state index in [1.54, 1.807) is 0 Å². The number of aryl methyl sites for hydroxylation is 1. The van der Waals surface area contributed by atoms with E-state index < -0.39 is 0 Å². The summed E-state index contributed by atoms with van der Waals surface area (Å²) in [5.41, 5.74) is 2.37. The predicted molar refractivity (Wildman–Crippen MR) is 116 cm³/mol. The molecule has 0 saturated carbocycles. The quantitative estimate of drug-likeness (QED) is 0.494. The minimum absolute atomic E-state index is 0.240. The van der Waals surface area contributed by atoms with Crippen molar-refractivity contribution in [2.24, 2.45) is 4.99 Å². The Balaban J connectivity index is 1.93. The molecule has 1 heterocycles. The van der Waals surface area contributed by atoms with Crippen molar-refractivity contribution in [3.05, 3.63) is 29.3 Å². The number of thioether (sulfide) groups is 1. The van der Waals surface area contributed by atoms with Crippen LogP contribution in [-0.2, 0) is 11.3 Å². The first-order chi connectivity index (χ1) is 13.1. The summed E-state index contributed by atoms with van der Waals surface area (Å²) in [5.74, 6) is 2.91. The molecule has 0 amide bonds. The number of benzene rings is 1. The molecule has 1 aromatic carbocycles. The molecule has 1 saturated heterocycles. The monoisotopic (exact) mass is 393 g/mol. The minimum Gasteiger partial charge on any atom is -0.493 e. The number of aliphatic imine (C=N–C) groups is 1. The van der Waals surface area contributed by atoms with Crippen LogP contribution in [0.3, 0.4) is 0 Å².